The predicted octanol–water partition coefficient (Wildman–Crippen LogP) is 3.97. The van der Waals surface area contributed by atoms with E-state index in [1.54, 1.807) is 0 Å². The Morgan fingerprint density at radius 3 is 2.55 bits per heavy atom. The largest absolute Gasteiger partial charge is 0.465 e. The normalized spacial score (nSPS) is 24.5. The molecule has 1 saturated heterocycles. The van der Waals surface area contributed by atoms with Crippen LogP contribution in [0.15, 0.2) is 0 Å². The molecule has 0 saturated carbocycles. The Morgan fingerprint density at radius 1 is 1.27 bits per heavy atom. The first-order chi connectivity index (χ1) is 10.2. The summed E-state index contributed by atoms with van der Waals surface area (Å²) >= 11 is 0. The first-order valence-corrected chi connectivity index (χ1v) is 8.58. The maximum atomic E-state index is 11.8. The second-order valence-electron chi connectivity index (χ2n) is 7.98. The average molecular weight is 314 g/mol. The van der Waals surface area contributed by atoms with Crippen LogP contribution < -0.4 is 0 Å². The molecule has 1 fully saturated rings. The maximum Gasteiger partial charge on any atom is 0.311 e. The van der Waals surface area contributed by atoms with E-state index in [0.29, 0.717) is 19.1 Å². The van der Waals surface area contributed by atoms with Gasteiger partial charge in [-0.25, -0.2) is 0 Å². The molecule has 1 rings (SSSR count). The summed E-state index contributed by atoms with van der Waals surface area (Å²) in [5.41, 5.74) is -0.550. The van der Waals surface area contributed by atoms with E-state index >= 15 is 0 Å². The smallest absolute Gasteiger partial charge is 0.311 e. The van der Waals surface area contributed by atoms with Crippen LogP contribution in [0.2, 0.25) is 0 Å². The Balaban J connectivity index is 2.39. The van der Waals surface area contributed by atoms with Gasteiger partial charge in [0.15, 0.2) is 0 Å². The van der Waals surface area contributed by atoms with E-state index in [-0.39, 0.29) is 17.7 Å². The third kappa shape index (κ3) is 6.66. The Kier molecular flexibility index (Phi) is 7.33. The number of ether oxygens (including phenoxy) is 3. The predicted molar refractivity (Wildman–Crippen MR) is 87.8 cm³/mol. The van der Waals surface area contributed by atoms with Crippen LogP contribution in [0.1, 0.15) is 67.2 Å². The van der Waals surface area contributed by atoms with Crippen molar-refractivity contribution in [2.45, 2.75) is 78.9 Å². The lowest BCUT2D eigenvalue weighted by atomic mass is 9.92. The average Bonchev–Trinajstić information content (AvgIpc) is 2.68. The molecule has 130 valence electrons. The van der Waals surface area contributed by atoms with E-state index in [1.165, 1.54) is 0 Å². The van der Waals surface area contributed by atoms with E-state index in [9.17, 15) is 4.79 Å². The molecule has 0 aromatic rings. The second kappa shape index (κ2) is 8.30. The van der Waals surface area contributed by atoms with Crippen LogP contribution >= 0.6 is 0 Å². The molecular weight excluding hydrogens is 280 g/mol. The molecule has 0 spiro atoms. The molecule has 1 aliphatic heterocycles. The highest BCUT2D eigenvalue weighted by Gasteiger charge is 2.40. The van der Waals surface area contributed by atoms with Gasteiger partial charge in [-0.15, -0.1) is 0 Å². The van der Waals surface area contributed by atoms with Crippen molar-refractivity contribution in [1.29, 1.82) is 0 Å². The topological polar surface area (TPSA) is 44.8 Å². The van der Waals surface area contributed by atoms with E-state index in [2.05, 4.69) is 20.8 Å². The second-order valence-corrected chi connectivity index (χ2v) is 7.98. The van der Waals surface area contributed by atoms with Gasteiger partial charge in [0.05, 0.1) is 30.3 Å². The van der Waals surface area contributed by atoms with E-state index < -0.39 is 5.41 Å². The van der Waals surface area contributed by atoms with Crippen LogP contribution in [-0.2, 0) is 19.0 Å². The molecule has 0 bridgehead atoms. The van der Waals surface area contributed by atoms with Gasteiger partial charge in [-0.05, 0) is 59.8 Å². The molecule has 2 atom stereocenters. The lowest BCUT2D eigenvalue weighted by Crippen LogP contribution is -2.27. The third-order valence-electron chi connectivity index (χ3n) is 4.01. The SMILES string of the molecule is CCCCOC[C@H]1OC(C)(C)C[C@H]1CCOC(=O)C(C)(C)C. The van der Waals surface area contributed by atoms with Crippen LogP contribution in [0.5, 0.6) is 0 Å². The van der Waals surface area contributed by atoms with Crippen molar-refractivity contribution in [2.24, 2.45) is 11.3 Å². The van der Waals surface area contributed by atoms with Gasteiger partial charge in [-0.3, -0.25) is 4.79 Å². The molecule has 0 radical (unpaired) electrons. The lowest BCUT2D eigenvalue weighted by molar-refractivity contribution is -0.153. The van der Waals surface area contributed by atoms with Gasteiger partial charge in [-0.1, -0.05) is 13.3 Å². The molecule has 0 aromatic carbocycles. The lowest BCUT2D eigenvalue weighted by Gasteiger charge is -2.21. The summed E-state index contributed by atoms with van der Waals surface area (Å²) in [4.78, 5) is 11.8. The monoisotopic (exact) mass is 314 g/mol. The molecule has 4 heteroatoms. The molecule has 0 N–H and O–H groups in total. The Bertz CT molecular complexity index is 343. The number of carbonyl (C=O) groups excluding carboxylic acids is 1. The van der Waals surface area contributed by atoms with Crippen molar-refractivity contribution in [3.8, 4) is 0 Å². The molecule has 1 heterocycles. The molecule has 0 aromatic heterocycles. The van der Waals surface area contributed by atoms with Gasteiger partial charge < -0.3 is 14.2 Å². The van der Waals surface area contributed by atoms with Crippen molar-refractivity contribution in [1.82, 2.24) is 0 Å². The van der Waals surface area contributed by atoms with Crippen LogP contribution in [-0.4, -0.2) is 37.5 Å². The summed E-state index contributed by atoms with van der Waals surface area (Å²) in [6.45, 7) is 13.9. The van der Waals surface area contributed by atoms with Gasteiger partial charge in [0, 0.05) is 6.61 Å². The fourth-order valence-electron chi connectivity index (χ4n) is 2.74. The van der Waals surface area contributed by atoms with Gasteiger partial charge in [0.1, 0.15) is 0 Å². The summed E-state index contributed by atoms with van der Waals surface area (Å²) in [6.07, 6.45) is 4.17. The molecule has 0 aliphatic carbocycles. The van der Waals surface area contributed by atoms with Crippen LogP contribution in [0.25, 0.3) is 0 Å². The molecular formula is C18H34O4. The Morgan fingerprint density at radius 2 is 1.95 bits per heavy atom. The summed E-state index contributed by atoms with van der Waals surface area (Å²) in [7, 11) is 0. The summed E-state index contributed by atoms with van der Waals surface area (Å²) in [5, 5.41) is 0. The number of esters is 1. The molecule has 4 nitrogen and oxygen atoms in total. The van der Waals surface area contributed by atoms with Gasteiger partial charge in [-0.2, -0.15) is 0 Å². The number of hydrogen-bond donors (Lipinski definition) is 0. The quantitative estimate of drug-likeness (QED) is 0.502. The van der Waals surface area contributed by atoms with Crippen molar-refractivity contribution in [3.63, 3.8) is 0 Å². The van der Waals surface area contributed by atoms with Crippen LogP contribution in [0.4, 0.5) is 0 Å². The number of rotatable bonds is 8. The molecule has 0 amide bonds. The standard InChI is InChI=1S/C18H34O4/c1-7-8-10-20-13-15-14(12-18(5,6)22-15)9-11-21-16(19)17(2,3)4/h14-15H,7-13H2,1-6H3/t14-,15-/m1/s1. The first kappa shape index (κ1) is 19.4. The van der Waals surface area contributed by atoms with Crippen molar-refractivity contribution in [2.75, 3.05) is 19.8 Å². The minimum absolute atomic E-state index is 0.111. The highest BCUT2D eigenvalue weighted by Crippen LogP contribution is 2.36. The maximum absolute atomic E-state index is 11.8. The van der Waals surface area contributed by atoms with Crippen molar-refractivity contribution in [3.05, 3.63) is 0 Å². The zero-order valence-corrected chi connectivity index (χ0v) is 15.2. The number of carbonyl (C=O) groups is 1. The first-order valence-electron chi connectivity index (χ1n) is 8.58. The number of hydrogen-bond acceptors (Lipinski definition) is 4. The van der Waals surface area contributed by atoms with Crippen LogP contribution in [0.3, 0.4) is 0 Å². The fourth-order valence-corrected chi connectivity index (χ4v) is 2.74. The summed E-state index contributed by atoms with van der Waals surface area (Å²) in [6, 6.07) is 0. The summed E-state index contributed by atoms with van der Waals surface area (Å²) in [5.74, 6) is 0.255. The summed E-state index contributed by atoms with van der Waals surface area (Å²) < 4.78 is 17.2. The third-order valence-corrected chi connectivity index (χ3v) is 4.01. The molecule has 1 aliphatic rings. The van der Waals surface area contributed by atoms with Crippen molar-refractivity contribution < 1.29 is 19.0 Å². The number of unbranched alkanes of at least 4 members (excludes halogenated alkanes) is 1. The minimum Gasteiger partial charge on any atom is -0.465 e. The Labute approximate surface area is 135 Å². The fraction of sp³-hybridized carbons (Fsp3) is 0.944. The van der Waals surface area contributed by atoms with E-state index in [1.807, 2.05) is 20.8 Å². The Hall–Kier alpha value is -0.610. The molecule has 22 heavy (non-hydrogen) atoms. The van der Waals surface area contributed by atoms with E-state index in [0.717, 1.165) is 32.3 Å². The van der Waals surface area contributed by atoms with Gasteiger partial charge in [0.25, 0.3) is 0 Å². The van der Waals surface area contributed by atoms with Gasteiger partial charge in [0.2, 0.25) is 0 Å². The highest BCUT2D eigenvalue weighted by atomic mass is 16.6. The highest BCUT2D eigenvalue weighted by molar-refractivity contribution is 5.75. The van der Waals surface area contributed by atoms with Crippen LogP contribution in [0, 0.1) is 11.3 Å². The molecule has 0 unspecified atom stereocenters. The van der Waals surface area contributed by atoms with Gasteiger partial charge >= 0.3 is 5.97 Å². The van der Waals surface area contributed by atoms with E-state index in [4.69, 9.17) is 14.2 Å². The zero-order chi connectivity index (χ0) is 16.8. The van der Waals surface area contributed by atoms with Crippen molar-refractivity contribution >= 4 is 5.97 Å². The minimum atomic E-state index is -0.436. The zero-order valence-electron chi connectivity index (χ0n) is 15.2.